The lowest BCUT2D eigenvalue weighted by Crippen LogP contribution is -2.48. The van der Waals surface area contributed by atoms with Gasteiger partial charge in [0.25, 0.3) is 0 Å². The predicted octanol–water partition coefficient (Wildman–Crippen LogP) is 2.09. The van der Waals surface area contributed by atoms with Crippen molar-refractivity contribution in [1.29, 1.82) is 0 Å². The van der Waals surface area contributed by atoms with Gasteiger partial charge in [0.15, 0.2) is 0 Å². The lowest BCUT2D eigenvalue weighted by atomic mass is 10.2. The second kappa shape index (κ2) is 10.2. The van der Waals surface area contributed by atoms with E-state index in [1.165, 1.54) is 48.5 Å². The highest BCUT2D eigenvalue weighted by molar-refractivity contribution is 7.89. The number of sulfonamides is 1. The molecule has 2 heterocycles. The maximum Gasteiger partial charge on any atom is 0.335 e. The van der Waals surface area contributed by atoms with Crippen molar-refractivity contribution in [3.63, 3.8) is 0 Å². The van der Waals surface area contributed by atoms with Crippen LogP contribution in [0.15, 0.2) is 65.7 Å². The Morgan fingerprint density at radius 2 is 1.83 bits per heavy atom. The van der Waals surface area contributed by atoms with E-state index in [1.807, 2.05) is 0 Å². The molecule has 0 bridgehead atoms. The number of likely N-dealkylation sites (N-methyl/N-ethyl adjacent to an activating group) is 1. The molecule has 12 heteroatoms. The minimum atomic E-state index is -4.09. The van der Waals surface area contributed by atoms with Gasteiger partial charge in [-0.3, -0.25) is 14.6 Å². The van der Waals surface area contributed by atoms with E-state index in [9.17, 15) is 22.8 Å². The van der Waals surface area contributed by atoms with Crippen LogP contribution in [-0.2, 0) is 19.6 Å². The molecule has 1 aromatic heterocycles. The van der Waals surface area contributed by atoms with Crippen LogP contribution in [0, 0.1) is 0 Å². The number of para-hydroxylation sites is 1. The Morgan fingerprint density at radius 1 is 1.14 bits per heavy atom. The van der Waals surface area contributed by atoms with Gasteiger partial charge in [0.2, 0.25) is 21.8 Å². The molecule has 1 saturated heterocycles. The quantitative estimate of drug-likeness (QED) is 0.400. The van der Waals surface area contributed by atoms with Gasteiger partial charge in [-0.15, -0.1) is 0 Å². The topological polar surface area (TPSA) is 137 Å². The van der Waals surface area contributed by atoms with E-state index in [0.717, 1.165) is 4.31 Å². The van der Waals surface area contributed by atoms with Crippen LogP contribution in [0.2, 0.25) is 0 Å². The van der Waals surface area contributed by atoms with Gasteiger partial charge >= 0.3 is 5.97 Å². The number of nitrogens with zero attached hydrogens (tertiary/aromatic N) is 3. The van der Waals surface area contributed by atoms with Crippen LogP contribution in [0.25, 0.3) is 10.9 Å². The number of carboxylic acid groups (broad SMARTS) is 1. The highest BCUT2D eigenvalue weighted by Gasteiger charge is 2.44. The van der Waals surface area contributed by atoms with Crippen molar-refractivity contribution >= 4 is 57.0 Å². The monoisotopic (exact) mass is 528 g/mol. The average molecular weight is 529 g/mol. The number of carbonyl (C=O) groups excluding carboxylic acids is 2. The summed E-state index contributed by atoms with van der Waals surface area (Å²) in [4.78, 5) is 42.1. The molecule has 3 aromatic rings. The molecular weight excluding hydrogens is 504 g/mol. The Bertz CT molecular complexity index is 1420. The molecule has 2 atom stereocenters. The molecule has 2 N–H and O–H groups in total. The predicted molar refractivity (Wildman–Crippen MR) is 136 cm³/mol. The van der Waals surface area contributed by atoms with Gasteiger partial charge in [-0.1, -0.05) is 18.2 Å². The van der Waals surface area contributed by atoms with Gasteiger partial charge in [0, 0.05) is 36.1 Å². The molecule has 0 saturated carbocycles. The summed E-state index contributed by atoms with van der Waals surface area (Å²) in [5, 5.41) is 11.9. The van der Waals surface area contributed by atoms with E-state index in [0.29, 0.717) is 16.6 Å². The Kier molecular flexibility index (Phi) is 7.29. The zero-order chi connectivity index (χ0) is 26.0. The summed E-state index contributed by atoms with van der Waals surface area (Å²) in [5.74, 6) is -2.13. The van der Waals surface area contributed by atoms with Crippen LogP contribution < -0.4 is 5.32 Å². The average Bonchev–Trinajstić information content (AvgIpc) is 3.25. The van der Waals surface area contributed by atoms with Crippen molar-refractivity contribution in [1.82, 2.24) is 14.2 Å². The first-order chi connectivity index (χ1) is 17.1. The van der Waals surface area contributed by atoms with Crippen molar-refractivity contribution in [3.8, 4) is 0 Å². The number of hydrogen-bond donors (Lipinski definition) is 3. The Labute approximate surface area is 213 Å². The number of fused-ring (bicyclic) bond motifs is 1. The van der Waals surface area contributed by atoms with E-state index in [1.54, 1.807) is 24.3 Å². The molecule has 1 aliphatic heterocycles. The molecule has 4 rings (SSSR count). The van der Waals surface area contributed by atoms with E-state index in [-0.39, 0.29) is 35.2 Å². The lowest BCUT2D eigenvalue weighted by Gasteiger charge is -2.27. The third kappa shape index (κ3) is 5.20. The molecule has 1 fully saturated rings. The van der Waals surface area contributed by atoms with Crippen LogP contribution in [-0.4, -0.2) is 76.9 Å². The minimum absolute atomic E-state index is 0.00559. The van der Waals surface area contributed by atoms with Gasteiger partial charge in [-0.05, 0) is 42.8 Å². The van der Waals surface area contributed by atoms with Crippen LogP contribution in [0.4, 0.5) is 5.69 Å². The SMILES string of the molecule is CN(CC(=O)Nc1ccc(C(=O)O)cc1)C(=O)[C@@H]1C[C@H](S)CN1S(=O)(=O)c1cccc2cccnc12. The van der Waals surface area contributed by atoms with Crippen molar-refractivity contribution in [2.24, 2.45) is 0 Å². The number of thiol groups is 1. The van der Waals surface area contributed by atoms with Gasteiger partial charge in [0.05, 0.1) is 17.6 Å². The fourth-order valence-corrected chi connectivity index (χ4v) is 6.42. The molecule has 0 radical (unpaired) electrons. The first kappa shape index (κ1) is 25.6. The number of pyridine rings is 1. The van der Waals surface area contributed by atoms with Crippen LogP contribution in [0.5, 0.6) is 0 Å². The minimum Gasteiger partial charge on any atom is -0.478 e. The van der Waals surface area contributed by atoms with Crippen molar-refractivity contribution < 1.29 is 27.9 Å². The first-order valence-corrected chi connectivity index (χ1v) is 13.0. The Morgan fingerprint density at radius 3 is 2.53 bits per heavy atom. The third-order valence-electron chi connectivity index (χ3n) is 5.87. The smallest absolute Gasteiger partial charge is 0.335 e. The highest BCUT2D eigenvalue weighted by atomic mass is 32.2. The maximum absolute atomic E-state index is 13.6. The molecular formula is C24H24N4O6S2. The van der Waals surface area contributed by atoms with Crippen molar-refractivity contribution in [2.45, 2.75) is 22.6 Å². The molecule has 2 amide bonds. The molecule has 1 aliphatic rings. The molecule has 36 heavy (non-hydrogen) atoms. The molecule has 0 unspecified atom stereocenters. The Balaban J connectivity index is 1.50. The zero-order valence-electron chi connectivity index (χ0n) is 19.2. The fraction of sp³-hybridized carbons (Fsp3) is 0.250. The molecule has 0 aliphatic carbocycles. The number of hydrogen-bond acceptors (Lipinski definition) is 7. The number of anilines is 1. The van der Waals surface area contributed by atoms with Gasteiger partial charge in [0.1, 0.15) is 10.9 Å². The second-order valence-electron chi connectivity index (χ2n) is 8.44. The van der Waals surface area contributed by atoms with Gasteiger partial charge in [-0.25, -0.2) is 13.2 Å². The molecule has 2 aromatic carbocycles. The van der Waals surface area contributed by atoms with E-state index < -0.39 is 33.8 Å². The third-order valence-corrected chi connectivity index (χ3v) is 8.15. The summed E-state index contributed by atoms with van der Waals surface area (Å²) >= 11 is 4.44. The Hall–Kier alpha value is -3.48. The first-order valence-electron chi connectivity index (χ1n) is 11.0. The van der Waals surface area contributed by atoms with E-state index >= 15 is 0 Å². The summed E-state index contributed by atoms with van der Waals surface area (Å²) < 4.78 is 28.4. The summed E-state index contributed by atoms with van der Waals surface area (Å²) in [6.45, 7) is -0.280. The molecule has 0 spiro atoms. The van der Waals surface area contributed by atoms with Gasteiger partial charge in [-0.2, -0.15) is 16.9 Å². The summed E-state index contributed by atoms with van der Waals surface area (Å²) in [5.41, 5.74) is 0.760. The fourth-order valence-electron chi connectivity index (χ4n) is 4.13. The highest BCUT2D eigenvalue weighted by Crippen LogP contribution is 2.32. The zero-order valence-corrected chi connectivity index (χ0v) is 20.9. The maximum atomic E-state index is 13.6. The van der Waals surface area contributed by atoms with E-state index in [2.05, 4.69) is 22.9 Å². The van der Waals surface area contributed by atoms with E-state index in [4.69, 9.17) is 5.11 Å². The summed E-state index contributed by atoms with van der Waals surface area (Å²) in [7, 11) is -2.67. The number of carboxylic acids is 1. The number of rotatable bonds is 7. The second-order valence-corrected chi connectivity index (χ2v) is 11.0. The number of carbonyl (C=O) groups is 3. The molecule has 10 nitrogen and oxygen atoms in total. The molecule has 188 valence electrons. The lowest BCUT2D eigenvalue weighted by molar-refractivity contribution is -0.136. The number of amides is 2. The number of benzene rings is 2. The number of aromatic carboxylic acids is 1. The van der Waals surface area contributed by atoms with Crippen LogP contribution >= 0.6 is 12.6 Å². The summed E-state index contributed by atoms with van der Waals surface area (Å²) in [6.07, 6.45) is 1.71. The normalized spacial score (nSPS) is 18.2. The number of aromatic nitrogens is 1. The summed E-state index contributed by atoms with van der Waals surface area (Å²) in [6, 6.07) is 12.9. The van der Waals surface area contributed by atoms with Crippen molar-refractivity contribution in [2.75, 3.05) is 25.5 Å². The number of nitrogens with one attached hydrogen (secondary N) is 1. The van der Waals surface area contributed by atoms with Crippen molar-refractivity contribution in [3.05, 3.63) is 66.4 Å². The largest absolute Gasteiger partial charge is 0.478 e. The van der Waals surface area contributed by atoms with Gasteiger partial charge < -0.3 is 15.3 Å². The van der Waals surface area contributed by atoms with Crippen LogP contribution in [0.1, 0.15) is 16.8 Å². The van der Waals surface area contributed by atoms with Crippen LogP contribution in [0.3, 0.4) is 0 Å². The standard InChI is InChI=1S/C24H24N4O6S2/c1-27(14-21(29)26-17-9-7-16(8-10-17)24(31)32)23(30)19-12-18(35)13-28(19)36(33,34)20-6-2-4-15-5-3-11-25-22(15)20/h2-11,18-19,35H,12-14H2,1H3,(H,26,29)(H,31,32)/t18-,19-/m0/s1.